The molecule has 0 radical (unpaired) electrons. The van der Waals surface area contributed by atoms with E-state index >= 15 is 0 Å². The molecule has 5 heterocycles. The highest BCUT2D eigenvalue weighted by Crippen LogP contribution is 2.35. The number of imidazole rings is 1. The van der Waals surface area contributed by atoms with E-state index in [1.54, 1.807) is 27.5 Å². The van der Waals surface area contributed by atoms with Crippen LogP contribution in [-0.4, -0.2) is 91.9 Å². The van der Waals surface area contributed by atoms with Crippen LogP contribution in [0.1, 0.15) is 18.4 Å². The minimum absolute atomic E-state index is 0.0818. The van der Waals surface area contributed by atoms with Crippen molar-refractivity contribution in [1.29, 1.82) is 0 Å². The first-order valence-electron chi connectivity index (χ1n) is 11.4. The first-order valence-corrected chi connectivity index (χ1v) is 13.0. The number of fused-ring (bicyclic) bond motifs is 1. The van der Waals surface area contributed by atoms with Gasteiger partial charge in [-0.3, -0.25) is 4.40 Å². The monoisotopic (exact) mass is 543 g/mol. The third kappa shape index (κ3) is 6.13. The zero-order valence-corrected chi connectivity index (χ0v) is 22.3. The van der Waals surface area contributed by atoms with E-state index < -0.39 is 6.43 Å². The molecule has 5 rings (SSSR count). The number of alkyl halides is 2. The van der Waals surface area contributed by atoms with Gasteiger partial charge in [-0.15, -0.1) is 10.2 Å². The van der Waals surface area contributed by atoms with E-state index in [0.29, 0.717) is 30.7 Å². The van der Waals surface area contributed by atoms with Crippen molar-refractivity contribution in [3.05, 3.63) is 23.5 Å². The zero-order chi connectivity index (χ0) is 25.7. The van der Waals surface area contributed by atoms with Crippen molar-refractivity contribution in [2.75, 3.05) is 65.7 Å². The Kier molecular flexibility index (Phi) is 9.09. The molecule has 0 bridgehead atoms. The minimum Gasteiger partial charge on any atom is -0.388 e. The molecule has 2 N–H and O–H groups in total. The van der Waals surface area contributed by atoms with Gasteiger partial charge in [0.1, 0.15) is 0 Å². The SMILES string of the molecule is COC.COCC1CN(c2cc(SNC3(C)COC3)cn3c(-c4nnc(C(F)F)s4)ncc23)CCN1. The highest BCUT2D eigenvalue weighted by Gasteiger charge is 2.33. The van der Waals surface area contributed by atoms with Crippen molar-refractivity contribution in [3.63, 3.8) is 0 Å². The van der Waals surface area contributed by atoms with Crippen molar-refractivity contribution in [2.24, 2.45) is 0 Å². The van der Waals surface area contributed by atoms with Gasteiger partial charge < -0.3 is 24.4 Å². The predicted molar refractivity (Wildman–Crippen MR) is 136 cm³/mol. The van der Waals surface area contributed by atoms with Crippen LogP contribution in [0.25, 0.3) is 16.3 Å². The number of ether oxygens (including phenoxy) is 3. The number of halogens is 2. The maximum absolute atomic E-state index is 13.1. The molecule has 10 nitrogen and oxygen atoms in total. The van der Waals surface area contributed by atoms with Crippen LogP contribution in [0.15, 0.2) is 23.4 Å². The van der Waals surface area contributed by atoms with E-state index in [2.05, 4.69) is 47.8 Å². The summed E-state index contributed by atoms with van der Waals surface area (Å²) in [5.74, 6) is 0.500. The first kappa shape index (κ1) is 27.1. The number of nitrogens with zero attached hydrogens (tertiary/aromatic N) is 5. The molecule has 3 aromatic rings. The topological polar surface area (TPSA) is 98.1 Å². The molecule has 2 aliphatic heterocycles. The summed E-state index contributed by atoms with van der Waals surface area (Å²) in [7, 11) is 4.95. The predicted octanol–water partition coefficient (Wildman–Crippen LogP) is 2.86. The van der Waals surface area contributed by atoms with Crippen molar-refractivity contribution < 1.29 is 23.0 Å². The van der Waals surface area contributed by atoms with Crippen molar-refractivity contribution in [1.82, 2.24) is 29.6 Å². The van der Waals surface area contributed by atoms with Crippen molar-refractivity contribution >= 4 is 34.5 Å². The van der Waals surface area contributed by atoms with Crippen molar-refractivity contribution in [2.45, 2.75) is 29.8 Å². The normalized spacial score (nSPS) is 19.3. The Hall–Kier alpha value is -1.94. The molecule has 0 amide bonds. The van der Waals surface area contributed by atoms with Gasteiger partial charge in [0.05, 0.1) is 42.8 Å². The summed E-state index contributed by atoms with van der Waals surface area (Å²) >= 11 is 2.39. The fourth-order valence-electron chi connectivity index (χ4n) is 3.94. The van der Waals surface area contributed by atoms with Crippen LogP contribution in [0.2, 0.25) is 0 Å². The number of rotatable bonds is 8. The lowest BCUT2D eigenvalue weighted by atomic mass is 10.0. The highest BCUT2D eigenvalue weighted by molar-refractivity contribution is 7.97. The second-order valence-corrected chi connectivity index (χ2v) is 10.8. The molecular formula is C22H31F2N7O3S2. The van der Waals surface area contributed by atoms with E-state index in [1.165, 1.54) is 11.9 Å². The Morgan fingerprint density at radius 2 is 2.11 bits per heavy atom. The molecule has 0 aliphatic carbocycles. The Bertz CT molecular complexity index is 1140. The lowest BCUT2D eigenvalue weighted by Crippen LogP contribution is -2.55. The molecule has 0 spiro atoms. The average molecular weight is 544 g/mol. The van der Waals surface area contributed by atoms with Gasteiger partial charge in [0.25, 0.3) is 6.43 Å². The molecule has 14 heteroatoms. The zero-order valence-electron chi connectivity index (χ0n) is 20.7. The quantitative estimate of drug-likeness (QED) is 0.413. The fraction of sp³-hybridized carbons (Fsp3) is 0.591. The molecule has 2 saturated heterocycles. The molecule has 3 aromatic heterocycles. The summed E-state index contributed by atoms with van der Waals surface area (Å²) in [5.41, 5.74) is 1.83. The molecule has 1 atom stereocenters. The summed E-state index contributed by atoms with van der Waals surface area (Å²) < 4.78 is 46.5. The van der Waals surface area contributed by atoms with E-state index in [0.717, 1.165) is 47.1 Å². The van der Waals surface area contributed by atoms with Gasteiger partial charge in [-0.2, -0.15) is 0 Å². The molecule has 1 unspecified atom stereocenters. The van der Waals surface area contributed by atoms with Crippen LogP contribution in [0, 0.1) is 0 Å². The minimum atomic E-state index is -2.66. The molecule has 2 aliphatic rings. The molecular weight excluding hydrogens is 512 g/mol. The summed E-state index contributed by atoms with van der Waals surface area (Å²) in [6.45, 7) is 6.49. The van der Waals surface area contributed by atoms with Crippen LogP contribution in [0.5, 0.6) is 0 Å². The van der Waals surface area contributed by atoms with Gasteiger partial charge in [-0.05, 0) is 24.9 Å². The van der Waals surface area contributed by atoms with E-state index in [4.69, 9.17) is 9.47 Å². The molecule has 2 fully saturated rings. The van der Waals surface area contributed by atoms with Gasteiger partial charge in [-0.25, -0.2) is 18.5 Å². The number of aromatic nitrogens is 4. The van der Waals surface area contributed by atoms with Gasteiger partial charge in [0.2, 0.25) is 0 Å². The Labute approximate surface area is 216 Å². The number of piperazine rings is 1. The molecule has 36 heavy (non-hydrogen) atoms. The largest absolute Gasteiger partial charge is 0.388 e. The number of methoxy groups -OCH3 is 2. The number of hydrogen-bond acceptors (Lipinski definition) is 11. The van der Waals surface area contributed by atoms with Crippen LogP contribution < -0.4 is 14.9 Å². The van der Waals surface area contributed by atoms with Gasteiger partial charge in [0, 0.05) is 58.1 Å². The van der Waals surface area contributed by atoms with Gasteiger partial charge >= 0.3 is 0 Å². The average Bonchev–Trinajstić information content (AvgIpc) is 3.49. The van der Waals surface area contributed by atoms with Crippen molar-refractivity contribution in [3.8, 4) is 10.8 Å². The number of anilines is 1. The van der Waals surface area contributed by atoms with E-state index in [-0.39, 0.29) is 16.6 Å². The van der Waals surface area contributed by atoms with Crippen LogP contribution >= 0.6 is 23.3 Å². The smallest absolute Gasteiger partial charge is 0.291 e. The summed E-state index contributed by atoms with van der Waals surface area (Å²) in [4.78, 5) is 7.82. The van der Waals surface area contributed by atoms with Gasteiger partial charge in [0.15, 0.2) is 15.8 Å². The summed E-state index contributed by atoms with van der Waals surface area (Å²) in [6, 6.07) is 2.35. The standard InChI is InChI=1S/C20H25F2N7O2S2.C2H6O/c1-20(10-31-11-20)27-33-13-5-14(28-4-3-23-12(7-28)9-30-2)15-6-24-17(29(15)8-13)19-26-25-18(32-19)16(21)22;1-3-2/h5-6,8,12,16,23,27H,3-4,7,9-11H2,1-2H3;1-2H3. The Morgan fingerprint density at radius 3 is 2.75 bits per heavy atom. The number of pyridine rings is 1. The molecule has 0 aromatic carbocycles. The van der Waals surface area contributed by atoms with Crippen LogP contribution in [0.3, 0.4) is 0 Å². The first-order chi connectivity index (χ1) is 17.4. The maximum atomic E-state index is 13.1. The lowest BCUT2D eigenvalue weighted by Gasteiger charge is -2.38. The number of nitrogens with one attached hydrogen (secondary N) is 2. The Morgan fingerprint density at radius 1 is 1.33 bits per heavy atom. The summed E-state index contributed by atoms with van der Waals surface area (Å²) in [5, 5.41) is 11.1. The maximum Gasteiger partial charge on any atom is 0.291 e. The number of hydrogen-bond donors (Lipinski definition) is 2. The second-order valence-electron chi connectivity index (χ2n) is 8.86. The van der Waals surface area contributed by atoms with Crippen LogP contribution in [0.4, 0.5) is 14.5 Å². The molecule has 198 valence electrons. The third-order valence-corrected chi connectivity index (χ3v) is 7.61. The fourth-order valence-corrected chi connectivity index (χ4v) is 5.44. The van der Waals surface area contributed by atoms with E-state index in [9.17, 15) is 8.78 Å². The van der Waals surface area contributed by atoms with Gasteiger partial charge in [-0.1, -0.05) is 11.3 Å². The lowest BCUT2D eigenvalue weighted by molar-refractivity contribution is -0.0510. The summed E-state index contributed by atoms with van der Waals surface area (Å²) in [6.07, 6.45) is 1.07. The second kappa shape index (κ2) is 12.1. The van der Waals surface area contributed by atoms with Crippen LogP contribution in [-0.2, 0) is 14.2 Å². The Balaban J connectivity index is 0.000000967. The highest BCUT2D eigenvalue weighted by atomic mass is 32.2. The molecule has 0 saturated carbocycles. The van der Waals surface area contributed by atoms with E-state index in [1.807, 2.05) is 10.6 Å². The third-order valence-electron chi connectivity index (χ3n) is 5.63.